The van der Waals surface area contributed by atoms with Crippen molar-refractivity contribution in [1.82, 2.24) is 14.7 Å². The quantitative estimate of drug-likeness (QED) is 0.802. The highest BCUT2D eigenvalue weighted by Crippen LogP contribution is 1.99. The Morgan fingerprint density at radius 2 is 2.22 bits per heavy atom. The smallest absolute Gasteiger partial charge is 0.269 e. The molecule has 1 heterocycles. The summed E-state index contributed by atoms with van der Waals surface area (Å²) >= 11 is 0. The van der Waals surface area contributed by atoms with Gasteiger partial charge in [0.1, 0.15) is 6.54 Å². The fourth-order valence-corrected chi connectivity index (χ4v) is 1.34. The van der Waals surface area contributed by atoms with E-state index in [-0.39, 0.29) is 18.0 Å². The Labute approximate surface area is 107 Å². The molecule has 1 aromatic rings. The Morgan fingerprint density at radius 1 is 1.50 bits per heavy atom. The molecule has 0 aliphatic heterocycles. The van der Waals surface area contributed by atoms with Gasteiger partial charge in [0, 0.05) is 26.2 Å². The second-order valence-corrected chi connectivity index (χ2v) is 4.07. The second kappa shape index (κ2) is 6.78. The number of nitrogens with one attached hydrogen (secondary N) is 1. The van der Waals surface area contributed by atoms with Crippen molar-refractivity contribution in [1.29, 1.82) is 0 Å². The molecule has 0 fully saturated rings. The number of carbonyl (C=O) groups is 1. The van der Waals surface area contributed by atoms with Crippen LogP contribution in [0.25, 0.3) is 0 Å². The van der Waals surface area contributed by atoms with E-state index in [4.69, 9.17) is 0 Å². The lowest BCUT2D eigenvalue weighted by molar-refractivity contribution is -0.130. The first-order chi connectivity index (χ1) is 8.58. The summed E-state index contributed by atoms with van der Waals surface area (Å²) in [7, 11) is 1.70. The van der Waals surface area contributed by atoms with E-state index in [2.05, 4.69) is 10.4 Å². The van der Waals surface area contributed by atoms with Gasteiger partial charge in [0.25, 0.3) is 5.56 Å². The second-order valence-electron chi connectivity index (χ2n) is 4.07. The molecule has 1 N–H and O–H groups in total. The first-order valence-electron chi connectivity index (χ1n) is 6.13. The molecule has 6 nitrogen and oxygen atoms in total. The van der Waals surface area contributed by atoms with Gasteiger partial charge in [-0.25, -0.2) is 4.68 Å². The maximum atomic E-state index is 11.7. The summed E-state index contributed by atoms with van der Waals surface area (Å²) in [5.74, 6) is -0.124. The minimum Gasteiger partial charge on any atom is -0.384 e. The first-order valence-corrected chi connectivity index (χ1v) is 6.13. The SMILES string of the molecule is CCCNc1cnn(CC(=O)N(C)CC)c(=O)c1. The number of rotatable bonds is 6. The van der Waals surface area contributed by atoms with Crippen LogP contribution in [0.1, 0.15) is 20.3 Å². The summed E-state index contributed by atoms with van der Waals surface area (Å²) in [4.78, 5) is 25.0. The normalized spacial score (nSPS) is 10.2. The number of amides is 1. The zero-order chi connectivity index (χ0) is 13.5. The molecular weight excluding hydrogens is 232 g/mol. The van der Waals surface area contributed by atoms with Gasteiger partial charge in [0.05, 0.1) is 11.9 Å². The molecule has 0 aliphatic rings. The van der Waals surface area contributed by atoms with E-state index >= 15 is 0 Å². The third-order valence-corrected chi connectivity index (χ3v) is 2.63. The summed E-state index contributed by atoms with van der Waals surface area (Å²) in [6.07, 6.45) is 2.54. The van der Waals surface area contributed by atoms with Gasteiger partial charge in [-0.1, -0.05) is 6.92 Å². The standard InChI is InChI=1S/C12H20N4O2/c1-4-6-13-10-7-11(17)16(14-8-10)9-12(18)15(3)5-2/h7-8,13H,4-6,9H2,1-3H3. The molecule has 0 spiro atoms. The molecule has 1 amide bonds. The van der Waals surface area contributed by atoms with Crippen LogP contribution in [0.2, 0.25) is 0 Å². The molecule has 0 radical (unpaired) electrons. The van der Waals surface area contributed by atoms with Crippen LogP contribution in [0.4, 0.5) is 5.69 Å². The predicted molar refractivity (Wildman–Crippen MR) is 70.6 cm³/mol. The first kappa shape index (κ1) is 14.2. The number of hydrogen-bond acceptors (Lipinski definition) is 4. The van der Waals surface area contributed by atoms with Crippen molar-refractivity contribution in [2.45, 2.75) is 26.8 Å². The topological polar surface area (TPSA) is 67.2 Å². The summed E-state index contributed by atoms with van der Waals surface area (Å²) in [5, 5.41) is 7.06. The molecule has 0 saturated heterocycles. The fraction of sp³-hybridized carbons (Fsp3) is 0.583. The highest BCUT2D eigenvalue weighted by molar-refractivity contribution is 5.75. The van der Waals surface area contributed by atoms with Crippen molar-refractivity contribution >= 4 is 11.6 Å². The fourth-order valence-electron chi connectivity index (χ4n) is 1.34. The van der Waals surface area contributed by atoms with Gasteiger partial charge in [-0.15, -0.1) is 0 Å². The average molecular weight is 252 g/mol. The number of nitrogens with zero attached hydrogens (tertiary/aromatic N) is 3. The Kier molecular flexibility index (Phi) is 5.35. The van der Waals surface area contributed by atoms with Crippen LogP contribution in [-0.4, -0.2) is 40.7 Å². The van der Waals surface area contributed by atoms with Crippen LogP contribution >= 0.6 is 0 Å². The molecule has 0 unspecified atom stereocenters. The molecular formula is C12H20N4O2. The van der Waals surface area contributed by atoms with E-state index in [1.165, 1.54) is 10.7 Å². The highest BCUT2D eigenvalue weighted by Gasteiger charge is 2.09. The summed E-state index contributed by atoms with van der Waals surface area (Å²) < 4.78 is 1.17. The number of aromatic nitrogens is 2. The summed E-state index contributed by atoms with van der Waals surface area (Å²) in [6.45, 7) is 5.32. The molecule has 1 rings (SSSR count). The zero-order valence-corrected chi connectivity index (χ0v) is 11.1. The Hall–Kier alpha value is -1.85. The molecule has 1 aromatic heterocycles. The largest absolute Gasteiger partial charge is 0.384 e. The number of likely N-dealkylation sites (N-methyl/N-ethyl adjacent to an activating group) is 1. The number of hydrogen-bond donors (Lipinski definition) is 1. The average Bonchev–Trinajstić information content (AvgIpc) is 2.38. The lowest BCUT2D eigenvalue weighted by Gasteiger charge is -2.14. The van der Waals surface area contributed by atoms with Crippen molar-refractivity contribution in [2.24, 2.45) is 0 Å². The molecule has 18 heavy (non-hydrogen) atoms. The van der Waals surface area contributed by atoms with Crippen molar-refractivity contribution in [2.75, 3.05) is 25.5 Å². The van der Waals surface area contributed by atoms with Crippen molar-refractivity contribution in [3.8, 4) is 0 Å². The Bertz CT molecular complexity index is 456. The Balaban J connectivity index is 2.74. The van der Waals surface area contributed by atoms with Gasteiger partial charge < -0.3 is 10.2 Å². The van der Waals surface area contributed by atoms with E-state index in [1.807, 2.05) is 13.8 Å². The zero-order valence-electron chi connectivity index (χ0n) is 11.1. The van der Waals surface area contributed by atoms with Gasteiger partial charge >= 0.3 is 0 Å². The maximum Gasteiger partial charge on any atom is 0.269 e. The van der Waals surface area contributed by atoms with Gasteiger partial charge in [-0.05, 0) is 13.3 Å². The van der Waals surface area contributed by atoms with Crippen LogP contribution < -0.4 is 10.9 Å². The van der Waals surface area contributed by atoms with Crippen LogP contribution in [-0.2, 0) is 11.3 Å². The van der Waals surface area contributed by atoms with Crippen molar-refractivity contribution in [3.05, 3.63) is 22.6 Å². The molecule has 0 atom stereocenters. The van der Waals surface area contributed by atoms with Crippen molar-refractivity contribution in [3.63, 3.8) is 0 Å². The third-order valence-electron chi connectivity index (χ3n) is 2.63. The minimum absolute atomic E-state index is 0.0166. The van der Waals surface area contributed by atoms with Crippen LogP contribution in [0.5, 0.6) is 0 Å². The molecule has 0 aromatic carbocycles. The van der Waals surface area contributed by atoms with E-state index in [0.29, 0.717) is 12.2 Å². The lowest BCUT2D eigenvalue weighted by Crippen LogP contribution is -2.34. The molecule has 6 heteroatoms. The maximum absolute atomic E-state index is 11.7. The lowest BCUT2D eigenvalue weighted by atomic mass is 10.4. The van der Waals surface area contributed by atoms with Crippen LogP contribution in [0.3, 0.4) is 0 Å². The molecule has 100 valence electrons. The number of carbonyl (C=O) groups excluding carboxylic acids is 1. The van der Waals surface area contributed by atoms with Crippen LogP contribution in [0.15, 0.2) is 17.1 Å². The summed E-state index contributed by atoms with van der Waals surface area (Å²) in [5.41, 5.74) is 0.420. The van der Waals surface area contributed by atoms with E-state index in [0.717, 1.165) is 13.0 Å². The minimum atomic E-state index is -0.269. The van der Waals surface area contributed by atoms with Gasteiger partial charge in [-0.2, -0.15) is 5.10 Å². The third kappa shape index (κ3) is 3.87. The Morgan fingerprint density at radius 3 is 2.78 bits per heavy atom. The molecule has 0 bridgehead atoms. The van der Waals surface area contributed by atoms with Crippen LogP contribution in [0, 0.1) is 0 Å². The van der Waals surface area contributed by atoms with E-state index in [9.17, 15) is 9.59 Å². The van der Waals surface area contributed by atoms with E-state index in [1.54, 1.807) is 18.1 Å². The highest BCUT2D eigenvalue weighted by atomic mass is 16.2. The van der Waals surface area contributed by atoms with E-state index < -0.39 is 0 Å². The summed E-state index contributed by atoms with van der Waals surface area (Å²) in [6, 6.07) is 1.46. The van der Waals surface area contributed by atoms with Crippen molar-refractivity contribution < 1.29 is 4.79 Å². The predicted octanol–water partition coefficient (Wildman–Crippen LogP) is 0.543. The monoisotopic (exact) mass is 252 g/mol. The number of anilines is 1. The molecule has 0 aliphatic carbocycles. The van der Waals surface area contributed by atoms with Gasteiger partial charge in [0.2, 0.25) is 5.91 Å². The van der Waals surface area contributed by atoms with Gasteiger partial charge in [0.15, 0.2) is 0 Å². The molecule has 0 saturated carbocycles. The van der Waals surface area contributed by atoms with Gasteiger partial charge in [-0.3, -0.25) is 9.59 Å².